The van der Waals surface area contributed by atoms with Crippen LogP contribution in [0.1, 0.15) is 0 Å². The molecule has 0 saturated carbocycles. The van der Waals surface area contributed by atoms with Crippen LogP contribution in [0.5, 0.6) is 0 Å². The van der Waals surface area contributed by atoms with E-state index in [9.17, 15) is 52.7 Å². The van der Waals surface area contributed by atoms with Crippen molar-refractivity contribution < 1.29 is 57.8 Å². The molecule has 0 amide bonds. The van der Waals surface area contributed by atoms with Crippen molar-refractivity contribution in [3.8, 4) is 0 Å². The Morgan fingerprint density at radius 3 is 0.789 bits per heavy atom. The second kappa shape index (κ2) is 4.31. The highest BCUT2D eigenvalue weighted by molar-refractivity contribution is 5.04. The summed E-state index contributed by atoms with van der Waals surface area (Å²) in [5, 5.41) is 8.13. The standard InChI is InChI=1S/C6H2F12O/c7-3(8,9)1(4(10,11)12)2(19,5(13,14)15)6(16,17)18/h1,19H. The molecule has 0 spiro atoms. The molecule has 0 unspecified atom stereocenters. The van der Waals surface area contributed by atoms with Gasteiger partial charge in [0.05, 0.1) is 0 Å². The fraction of sp³-hybridized carbons (Fsp3) is 1.00. The molecular formula is C6H2F12O. The fourth-order valence-electron chi connectivity index (χ4n) is 1.15. The minimum atomic E-state index is -7.24. The Labute approximate surface area is 95.3 Å². The van der Waals surface area contributed by atoms with Gasteiger partial charge in [0.25, 0.3) is 5.60 Å². The Balaban J connectivity index is 6.28. The van der Waals surface area contributed by atoms with Gasteiger partial charge in [-0.1, -0.05) is 0 Å². The predicted molar refractivity (Wildman–Crippen MR) is 32.7 cm³/mol. The van der Waals surface area contributed by atoms with E-state index in [0.717, 1.165) is 0 Å². The van der Waals surface area contributed by atoms with Gasteiger partial charge >= 0.3 is 24.7 Å². The molecule has 1 nitrogen and oxygen atoms in total. The molecule has 19 heavy (non-hydrogen) atoms. The fourth-order valence-corrected chi connectivity index (χ4v) is 1.15. The molecule has 0 aromatic rings. The number of rotatable bonds is 1. The van der Waals surface area contributed by atoms with Gasteiger partial charge in [0.15, 0.2) is 5.92 Å². The third-order valence-corrected chi connectivity index (χ3v) is 1.94. The molecule has 1 N–H and O–H groups in total. The monoisotopic (exact) mass is 318 g/mol. The van der Waals surface area contributed by atoms with Crippen LogP contribution in [0.4, 0.5) is 52.7 Å². The van der Waals surface area contributed by atoms with Crippen molar-refractivity contribution in [1.82, 2.24) is 0 Å². The van der Waals surface area contributed by atoms with E-state index in [-0.39, 0.29) is 0 Å². The molecule has 0 heterocycles. The lowest BCUT2D eigenvalue weighted by molar-refractivity contribution is -0.445. The van der Waals surface area contributed by atoms with E-state index in [0.29, 0.717) is 0 Å². The maximum absolute atomic E-state index is 11.9. The summed E-state index contributed by atoms with van der Waals surface area (Å²) in [7, 11) is 0. The Kier molecular flexibility index (Phi) is 4.11. The van der Waals surface area contributed by atoms with E-state index in [4.69, 9.17) is 5.11 Å². The topological polar surface area (TPSA) is 20.2 Å². The van der Waals surface area contributed by atoms with Gasteiger partial charge in [-0.05, 0) is 0 Å². The summed E-state index contributed by atoms with van der Waals surface area (Å²) in [6.45, 7) is 0. The second-order valence-electron chi connectivity index (χ2n) is 3.28. The average molecular weight is 318 g/mol. The molecule has 0 fully saturated rings. The van der Waals surface area contributed by atoms with Gasteiger partial charge in [0.1, 0.15) is 0 Å². The largest absolute Gasteiger partial charge is 0.427 e. The van der Waals surface area contributed by atoms with Crippen LogP contribution in [0.15, 0.2) is 0 Å². The maximum atomic E-state index is 11.9. The lowest BCUT2D eigenvalue weighted by Crippen LogP contribution is -2.68. The van der Waals surface area contributed by atoms with Gasteiger partial charge < -0.3 is 5.11 Å². The highest BCUT2D eigenvalue weighted by Gasteiger charge is 2.84. The first kappa shape index (κ1) is 18.1. The third-order valence-electron chi connectivity index (χ3n) is 1.94. The summed E-state index contributed by atoms with van der Waals surface area (Å²) in [4.78, 5) is 0. The normalized spacial score (nSPS) is 16.1. The summed E-state index contributed by atoms with van der Waals surface area (Å²) in [5.41, 5.74) is -6.99. The molecule has 0 atom stereocenters. The van der Waals surface area contributed by atoms with Crippen molar-refractivity contribution in [2.75, 3.05) is 0 Å². The Hall–Kier alpha value is -0.880. The summed E-state index contributed by atoms with van der Waals surface area (Å²) >= 11 is 0. The quantitative estimate of drug-likeness (QED) is 0.733. The molecule has 0 aliphatic rings. The second-order valence-corrected chi connectivity index (χ2v) is 3.28. The van der Waals surface area contributed by atoms with Gasteiger partial charge in [-0.25, -0.2) is 0 Å². The zero-order valence-corrected chi connectivity index (χ0v) is 8.06. The van der Waals surface area contributed by atoms with Crippen LogP contribution >= 0.6 is 0 Å². The lowest BCUT2D eigenvalue weighted by atomic mass is 9.84. The molecule has 0 aromatic carbocycles. The van der Waals surface area contributed by atoms with Crippen LogP contribution in [0.25, 0.3) is 0 Å². The van der Waals surface area contributed by atoms with Crippen LogP contribution in [-0.2, 0) is 0 Å². The molecule has 0 bridgehead atoms. The van der Waals surface area contributed by atoms with E-state index in [2.05, 4.69) is 0 Å². The first-order chi connectivity index (χ1) is 7.87. The van der Waals surface area contributed by atoms with Crippen molar-refractivity contribution in [3.63, 3.8) is 0 Å². The molecule has 13 heteroatoms. The summed E-state index contributed by atoms with van der Waals surface area (Å²) < 4.78 is 143. The molecule has 0 rings (SSSR count). The van der Waals surface area contributed by atoms with Crippen molar-refractivity contribution in [2.45, 2.75) is 30.3 Å². The molecule has 116 valence electrons. The van der Waals surface area contributed by atoms with E-state index >= 15 is 0 Å². The average Bonchev–Trinajstić information content (AvgIpc) is 1.92. The molecule has 0 aliphatic carbocycles. The van der Waals surface area contributed by atoms with Crippen molar-refractivity contribution in [2.24, 2.45) is 5.92 Å². The zero-order chi connectivity index (χ0) is 16.1. The number of halogens is 12. The van der Waals surface area contributed by atoms with E-state index in [1.54, 1.807) is 0 Å². The van der Waals surface area contributed by atoms with Crippen LogP contribution in [0, 0.1) is 5.92 Å². The number of hydrogen-bond acceptors (Lipinski definition) is 1. The molecule has 0 aliphatic heterocycles. The summed E-state index contributed by atoms with van der Waals surface area (Å²) in [5.74, 6) is -6.05. The van der Waals surface area contributed by atoms with E-state index in [1.807, 2.05) is 0 Å². The van der Waals surface area contributed by atoms with Gasteiger partial charge in [0.2, 0.25) is 0 Å². The Morgan fingerprint density at radius 2 is 0.737 bits per heavy atom. The number of aliphatic hydroxyl groups is 1. The number of hydrogen-bond donors (Lipinski definition) is 1. The molecular weight excluding hydrogens is 316 g/mol. The highest BCUT2D eigenvalue weighted by atomic mass is 19.4. The van der Waals surface area contributed by atoms with Crippen LogP contribution in [-0.4, -0.2) is 35.4 Å². The van der Waals surface area contributed by atoms with Crippen molar-refractivity contribution in [3.05, 3.63) is 0 Å². The van der Waals surface area contributed by atoms with Crippen LogP contribution < -0.4 is 0 Å². The predicted octanol–water partition coefficient (Wildman–Crippen LogP) is 3.58. The summed E-state index contributed by atoms with van der Waals surface area (Å²) in [6, 6.07) is 0. The van der Waals surface area contributed by atoms with Crippen molar-refractivity contribution >= 4 is 0 Å². The van der Waals surface area contributed by atoms with Crippen LogP contribution in [0.3, 0.4) is 0 Å². The molecule has 0 radical (unpaired) electrons. The summed E-state index contributed by atoms with van der Waals surface area (Å²) in [6.07, 6.45) is -28.5. The van der Waals surface area contributed by atoms with Gasteiger partial charge in [-0.2, -0.15) is 52.7 Å². The molecule has 0 saturated heterocycles. The van der Waals surface area contributed by atoms with Gasteiger partial charge in [-0.3, -0.25) is 0 Å². The lowest BCUT2D eigenvalue weighted by Gasteiger charge is -2.39. The first-order valence-electron chi connectivity index (χ1n) is 3.86. The highest BCUT2D eigenvalue weighted by Crippen LogP contribution is 2.57. The third kappa shape index (κ3) is 3.17. The van der Waals surface area contributed by atoms with Gasteiger partial charge in [-0.15, -0.1) is 0 Å². The van der Waals surface area contributed by atoms with Gasteiger partial charge in [0, 0.05) is 0 Å². The maximum Gasteiger partial charge on any atom is 0.427 e. The Bertz CT molecular complexity index is 287. The van der Waals surface area contributed by atoms with Crippen LogP contribution in [0.2, 0.25) is 0 Å². The van der Waals surface area contributed by atoms with E-state index < -0.39 is 36.2 Å². The first-order valence-corrected chi connectivity index (χ1v) is 3.86. The minimum Gasteiger partial charge on any atom is -0.373 e. The molecule has 0 aromatic heterocycles. The smallest absolute Gasteiger partial charge is 0.373 e. The number of alkyl halides is 12. The minimum absolute atomic E-state index is 6.05. The zero-order valence-electron chi connectivity index (χ0n) is 8.06. The van der Waals surface area contributed by atoms with E-state index in [1.165, 1.54) is 0 Å². The Morgan fingerprint density at radius 1 is 0.526 bits per heavy atom. The SMILES string of the molecule is OC(C(C(F)(F)F)C(F)(F)F)(C(F)(F)F)C(F)(F)F. The van der Waals surface area contributed by atoms with Crippen molar-refractivity contribution in [1.29, 1.82) is 0 Å².